The summed E-state index contributed by atoms with van der Waals surface area (Å²) in [7, 11) is 0. The number of nitrogens with one attached hydrogen (secondary N) is 3. The molecule has 3 aromatic rings. The van der Waals surface area contributed by atoms with Gasteiger partial charge in [0, 0.05) is 23.5 Å². The third-order valence-electron chi connectivity index (χ3n) is 4.87. The zero-order chi connectivity index (χ0) is 21.3. The van der Waals surface area contributed by atoms with E-state index in [2.05, 4.69) is 22.9 Å². The summed E-state index contributed by atoms with van der Waals surface area (Å²) < 4.78 is 0. The van der Waals surface area contributed by atoms with Crippen molar-refractivity contribution in [3.05, 3.63) is 89.5 Å². The minimum atomic E-state index is -0.152. The Hall–Kier alpha value is -3.60. The predicted octanol–water partition coefficient (Wildman–Crippen LogP) is 4.93. The number of benzene rings is 3. The van der Waals surface area contributed by atoms with Crippen LogP contribution in [-0.4, -0.2) is 18.4 Å². The van der Waals surface area contributed by atoms with E-state index in [1.165, 1.54) is 11.1 Å². The van der Waals surface area contributed by atoms with Crippen LogP contribution in [0.4, 0.5) is 17.1 Å². The molecule has 0 aliphatic rings. The van der Waals surface area contributed by atoms with Gasteiger partial charge < -0.3 is 16.0 Å². The molecule has 0 fully saturated rings. The average Bonchev–Trinajstić information content (AvgIpc) is 2.74. The van der Waals surface area contributed by atoms with Crippen LogP contribution in [-0.2, 0) is 16.0 Å². The van der Waals surface area contributed by atoms with Crippen LogP contribution in [0.15, 0.2) is 72.8 Å². The molecule has 0 unspecified atom stereocenters. The predicted molar refractivity (Wildman–Crippen MR) is 123 cm³/mol. The van der Waals surface area contributed by atoms with E-state index in [1.807, 2.05) is 61.5 Å². The molecule has 3 rings (SSSR count). The van der Waals surface area contributed by atoms with Crippen molar-refractivity contribution in [2.24, 2.45) is 0 Å². The van der Waals surface area contributed by atoms with Crippen molar-refractivity contribution in [3.8, 4) is 0 Å². The molecule has 0 spiro atoms. The Morgan fingerprint density at radius 3 is 2.10 bits per heavy atom. The number of carbonyl (C=O) groups is 2. The van der Waals surface area contributed by atoms with Crippen molar-refractivity contribution >= 4 is 28.9 Å². The van der Waals surface area contributed by atoms with Crippen molar-refractivity contribution < 1.29 is 9.59 Å². The van der Waals surface area contributed by atoms with Crippen LogP contribution in [0.25, 0.3) is 0 Å². The molecule has 30 heavy (non-hydrogen) atoms. The van der Waals surface area contributed by atoms with Crippen molar-refractivity contribution in [2.45, 2.75) is 26.7 Å². The Bertz CT molecular complexity index is 1020. The summed E-state index contributed by atoms with van der Waals surface area (Å²) >= 11 is 0. The van der Waals surface area contributed by atoms with Gasteiger partial charge in [-0.1, -0.05) is 42.5 Å². The fraction of sp³-hybridized carbons (Fsp3) is 0.200. The van der Waals surface area contributed by atoms with E-state index in [4.69, 9.17) is 0 Å². The molecule has 2 amide bonds. The van der Waals surface area contributed by atoms with Crippen molar-refractivity contribution in [1.29, 1.82) is 0 Å². The highest BCUT2D eigenvalue weighted by Crippen LogP contribution is 2.17. The molecule has 5 nitrogen and oxygen atoms in total. The number of rotatable bonds is 8. The maximum absolute atomic E-state index is 12.3. The number of anilines is 3. The van der Waals surface area contributed by atoms with Crippen LogP contribution >= 0.6 is 0 Å². The first-order chi connectivity index (χ1) is 14.5. The Morgan fingerprint density at radius 1 is 0.700 bits per heavy atom. The van der Waals surface area contributed by atoms with Gasteiger partial charge in [0.25, 0.3) is 0 Å². The van der Waals surface area contributed by atoms with E-state index in [0.717, 1.165) is 11.3 Å². The Morgan fingerprint density at radius 2 is 1.40 bits per heavy atom. The first-order valence-electron chi connectivity index (χ1n) is 10.0. The summed E-state index contributed by atoms with van der Waals surface area (Å²) in [4.78, 5) is 24.5. The number of hydrogen-bond acceptors (Lipinski definition) is 3. The third kappa shape index (κ3) is 6.48. The molecule has 154 valence electrons. The molecule has 3 N–H and O–H groups in total. The number of hydrogen-bond donors (Lipinski definition) is 3. The topological polar surface area (TPSA) is 70.2 Å². The SMILES string of the molecule is Cc1ccc(NCC(=O)Nc2cccc(NC(=O)CCc3ccccc3)c2)cc1C. The van der Waals surface area contributed by atoms with Gasteiger partial charge in [-0.05, 0) is 67.3 Å². The second-order valence-electron chi connectivity index (χ2n) is 7.32. The molecule has 5 heteroatoms. The first kappa shape index (κ1) is 21.1. The van der Waals surface area contributed by atoms with Gasteiger partial charge in [-0.25, -0.2) is 0 Å². The second-order valence-corrected chi connectivity index (χ2v) is 7.32. The summed E-state index contributed by atoms with van der Waals surface area (Å²) in [6.07, 6.45) is 1.09. The smallest absolute Gasteiger partial charge is 0.243 e. The summed E-state index contributed by atoms with van der Waals surface area (Å²) in [5, 5.41) is 8.88. The minimum absolute atomic E-state index is 0.0567. The molecule has 0 radical (unpaired) electrons. The van der Waals surface area contributed by atoms with Gasteiger partial charge in [0.2, 0.25) is 11.8 Å². The first-order valence-corrected chi connectivity index (χ1v) is 10.0. The molecule has 0 saturated carbocycles. The van der Waals surface area contributed by atoms with Crippen LogP contribution in [0.2, 0.25) is 0 Å². The van der Waals surface area contributed by atoms with Gasteiger partial charge in [0.05, 0.1) is 6.54 Å². The molecule has 0 aliphatic heterocycles. The van der Waals surface area contributed by atoms with Gasteiger partial charge in [-0.3, -0.25) is 9.59 Å². The standard InChI is InChI=1S/C25H27N3O2/c1-18-11-13-21(15-19(18)2)26-17-25(30)28-23-10-6-9-22(16-23)27-24(29)14-12-20-7-4-3-5-8-20/h3-11,13,15-16,26H,12,14,17H2,1-2H3,(H,27,29)(H,28,30). The van der Waals surface area contributed by atoms with Gasteiger partial charge in [-0.15, -0.1) is 0 Å². The number of carbonyl (C=O) groups excluding carboxylic acids is 2. The van der Waals surface area contributed by atoms with E-state index < -0.39 is 0 Å². The Labute approximate surface area is 177 Å². The van der Waals surface area contributed by atoms with Crippen molar-refractivity contribution in [3.63, 3.8) is 0 Å². The Balaban J connectivity index is 1.48. The zero-order valence-electron chi connectivity index (χ0n) is 17.4. The fourth-order valence-electron chi connectivity index (χ4n) is 3.04. The van der Waals surface area contributed by atoms with Gasteiger partial charge >= 0.3 is 0 Å². The van der Waals surface area contributed by atoms with Crippen molar-refractivity contribution in [2.75, 3.05) is 22.5 Å². The van der Waals surface area contributed by atoms with Gasteiger partial charge in [0.15, 0.2) is 0 Å². The molecule has 0 aliphatic carbocycles. The largest absolute Gasteiger partial charge is 0.376 e. The van der Waals surface area contributed by atoms with E-state index in [0.29, 0.717) is 24.2 Å². The lowest BCUT2D eigenvalue weighted by atomic mass is 10.1. The highest BCUT2D eigenvalue weighted by molar-refractivity contribution is 5.95. The summed E-state index contributed by atoms with van der Waals surface area (Å²) in [6, 6.07) is 23.1. The lowest BCUT2D eigenvalue weighted by Crippen LogP contribution is -2.22. The zero-order valence-corrected chi connectivity index (χ0v) is 17.4. The van der Waals surface area contributed by atoms with Crippen LogP contribution < -0.4 is 16.0 Å². The van der Waals surface area contributed by atoms with E-state index in [1.54, 1.807) is 18.2 Å². The quantitative estimate of drug-likeness (QED) is 0.501. The van der Waals surface area contributed by atoms with Crippen LogP contribution in [0.5, 0.6) is 0 Å². The summed E-state index contributed by atoms with van der Waals surface area (Å²) in [5.74, 6) is -0.209. The molecule has 3 aromatic carbocycles. The van der Waals surface area contributed by atoms with E-state index in [9.17, 15) is 9.59 Å². The van der Waals surface area contributed by atoms with E-state index >= 15 is 0 Å². The van der Waals surface area contributed by atoms with E-state index in [-0.39, 0.29) is 18.4 Å². The average molecular weight is 402 g/mol. The molecule has 0 aromatic heterocycles. The molecular weight excluding hydrogens is 374 g/mol. The van der Waals surface area contributed by atoms with Gasteiger partial charge in [0.1, 0.15) is 0 Å². The maximum atomic E-state index is 12.3. The number of aryl methyl sites for hydroxylation is 3. The molecule has 0 heterocycles. The molecule has 0 bridgehead atoms. The maximum Gasteiger partial charge on any atom is 0.243 e. The highest BCUT2D eigenvalue weighted by atomic mass is 16.2. The molecule has 0 saturated heterocycles. The summed E-state index contributed by atoms with van der Waals surface area (Å²) in [6.45, 7) is 4.26. The minimum Gasteiger partial charge on any atom is -0.376 e. The molecule has 0 atom stereocenters. The fourth-order valence-corrected chi connectivity index (χ4v) is 3.04. The van der Waals surface area contributed by atoms with Crippen LogP contribution in [0.1, 0.15) is 23.1 Å². The monoisotopic (exact) mass is 401 g/mol. The third-order valence-corrected chi connectivity index (χ3v) is 4.87. The highest BCUT2D eigenvalue weighted by Gasteiger charge is 2.06. The number of amides is 2. The molecular formula is C25H27N3O2. The second kappa shape index (κ2) is 10.3. The van der Waals surface area contributed by atoms with Crippen LogP contribution in [0.3, 0.4) is 0 Å². The summed E-state index contributed by atoms with van der Waals surface area (Å²) in [5.41, 5.74) is 5.73. The van der Waals surface area contributed by atoms with Crippen molar-refractivity contribution in [1.82, 2.24) is 0 Å². The normalized spacial score (nSPS) is 10.3. The van der Waals surface area contributed by atoms with Crippen LogP contribution in [0, 0.1) is 13.8 Å². The van der Waals surface area contributed by atoms with Gasteiger partial charge in [-0.2, -0.15) is 0 Å². The lowest BCUT2D eigenvalue weighted by molar-refractivity contribution is -0.116. The lowest BCUT2D eigenvalue weighted by Gasteiger charge is -2.11. The Kier molecular flexibility index (Phi) is 7.22.